The molecule has 3 aromatic carbocycles. The molecule has 168 valence electrons. The van der Waals surface area contributed by atoms with Gasteiger partial charge in [-0.2, -0.15) is 0 Å². The van der Waals surface area contributed by atoms with Crippen molar-refractivity contribution in [2.45, 2.75) is 12.1 Å². The number of ether oxygens (including phenoxy) is 2. The number of hydrogen-bond donors (Lipinski definition) is 1. The summed E-state index contributed by atoms with van der Waals surface area (Å²) in [6, 6.07) is 24.7. The molecule has 33 heavy (non-hydrogen) atoms. The molecule has 2 heterocycles. The summed E-state index contributed by atoms with van der Waals surface area (Å²) in [5, 5.41) is 2.64. The molecule has 7 heteroatoms. The van der Waals surface area contributed by atoms with Crippen molar-refractivity contribution in [1.82, 2.24) is 5.32 Å². The zero-order valence-electron chi connectivity index (χ0n) is 18.3. The zero-order valence-corrected chi connectivity index (χ0v) is 18.3. The minimum atomic E-state index is -0.695. The van der Waals surface area contributed by atoms with E-state index in [1.807, 2.05) is 88.7 Å². The Hall–Kier alpha value is -4.00. The standard InChI is InChI=1S/C26H25N3O4/c1-27-26(31)24-15-28(19-11-5-8-14-23(19)33-24)16-25(30)29-20-12-6-7-13-22(20)32-17-21(29)18-9-3-2-4-10-18/h2-14,21,24H,15-17H2,1H3,(H,27,31)/t21-,24-/m1/s1. The van der Waals surface area contributed by atoms with E-state index >= 15 is 0 Å². The van der Waals surface area contributed by atoms with Crippen molar-refractivity contribution >= 4 is 23.2 Å². The van der Waals surface area contributed by atoms with Crippen LogP contribution >= 0.6 is 0 Å². The van der Waals surface area contributed by atoms with E-state index in [-0.39, 0.29) is 30.9 Å². The van der Waals surface area contributed by atoms with Crippen molar-refractivity contribution in [3.05, 3.63) is 84.4 Å². The van der Waals surface area contributed by atoms with Gasteiger partial charge < -0.3 is 19.7 Å². The maximum atomic E-state index is 13.9. The van der Waals surface area contributed by atoms with Gasteiger partial charge in [0.2, 0.25) is 5.91 Å². The second-order valence-corrected chi connectivity index (χ2v) is 8.04. The van der Waals surface area contributed by atoms with Crippen LogP contribution < -0.4 is 24.6 Å². The maximum Gasteiger partial charge on any atom is 0.262 e. The fourth-order valence-electron chi connectivity index (χ4n) is 4.41. The van der Waals surface area contributed by atoms with Gasteiger partial charge in [-0.1, -0.05) is 54.6 Å². The largest absolute Gasteiger partial charge is 0.489 e. The number of hydrogen-bond acceptors (Lipinski definition) is 5. The third-order valence-electron chi connectivity index (χ3n) is 6.01. The van der Waals surface area contributed by atoms with Gasteiger partial charge in [-0.15, -0.1) is 0 Å². The zero-order chi connectivity index (χ0) is 22.8. The lowest BCUT2D eigenvalue weighted by molar-refractivity contribution is -0.127. The SMILES string of the molecule is CNC(=O)[C@H]1CN(CC(=O)N2c3ccccc3OC[C@@H]2c2ccccc2)c2ccccc2O1. The van der Waals surface area contributed by atoms with Gasteiger partial charge in [-0.3, -0.25) is 14.5 Å². The summed E-state index contributed by atoms with van der Waals surface area (Å²) in [6.45, 7) is 0.753. The molecule has 0 bridgehead atoms. The summed E-state index contributed by atoms with van der Waals surface area (Å²) in [5.41, 5.74) is 2.54. The quantitative estimate of drug-likeness (QED) is 0.671. The van der Waals surface area contributed by atoms with Crippen LogP contribution in [0.25, 0.3) is 0 Å². The Kier molecular flexibility index (Phi) is 5.60. The van der Waals surface area contributed by atoms with Crippen LogP contribution in [0.5, 0.6) is 11.5 Å². The fourth-order valence-corrected chi connectivity index (χ4v) is 4.41. The van der Waals surface area contributed by atoms with Gasteiger partial charge in [-0.25, -0.2) is 0 Å². The molecular weight excluding hydrogens is 418 g/mol. The second-order valence-electron chi connectivity index (χ2n) is 8.04. The van der Waals surface area contributed by atoms with Crippen molar-refractivity contribution in [1.29, 1.82) is 0 Å². The number of fused-ring (bicyclic) bond motifs is 2. The van der Waals surface area contributed by atoms with Crippen LogP contribution in [0.1, 0.15) is 11.6 Å². The number of anilines is 2. The summed E-state index contributed by atoms with van der Waals surface area (Å²) < 4.78 is 11.9. The summed E-state index contributed by atoms with van der Waals surface area (Å²) in [6.07, 6.45) is -0.695. The average molecular weight is 444 g/mol. The summed E-state index contributed by atoms with van der Waals surface area (Å²) in [4.78, 5) is 29.9. The summed E-state index contributed by atoms with van der Waals surface area (Å²) in [7, 11) is 1.58. The Balaban J connectivity index is 1.49. The molecule has 0 aliphatic carbocycles. The highest BCUT2D eigenvalue weighted by atomic mass is 16.5. The predicted octanol–water partition coefficient (Wildman–Crippen LogP) is 3.17. The number of nitrogens with one attached hydrogen (secondary N) is 1. The van der Waals surface area contributed by atoms with Gasteiger partial charge in [0.05, 0.1) is 30.5 Å². The van der Waals surface area contributed by atoms with Crippen LogP contribution in [0.15, 0.2) is 78.9 Å². The van der Waals surface area contributed by atoms with E-state index in [2.05, 4.69) is 5.32 Å². The van der Waals surface area contributed by atoms with E-state index in [0.29, 0.717) is 18.1 Å². The predicted molar refractivity (Wildman–Crippen MR) is 126 cm³/mol. The smallest absolute Gasteiger partial charge is 0.262 e. The summed E-state index contributed by atoms with van der Waals surface area (Å²) >= 11 is 0. The number of carbonyl (C=O) groups is 2. The molecule has 0 saturated carbocycles. The minimum Gasteiger partial charge on any atom is -0.489 e. The number of para-hydroxylation sites is 4. The van der Waals surface area contributed by atoms with E-state index in [9.17, 15) is 9.59 Å². The number of amides is 2. The molecule has 5 rings (SSSR count). The molecule has 2 aliphatic heterocycles. The number of carbonyl (C=O) groups excluding carboxylic acids is 2. The van der Waals surface area contributed by atoms with Gasteiger partial charge >= 0.3 is 0 Å². The molecule has 0 radical (unpaired) electrons. The van der Waals surface area contributed by atoms with Gasteiger partial charge in [0.15, 0.2) is 6.10 Å². The van der Waals surface area contributed by atoms with E-state index in [0.717, 1.165) is 16.9 Å². The molecule has 0 spiro atoms. The van der Waals surface area contributed by atoms with Crippen molar-refractivity contribution in [2.75, 3.05) is 36.5 Å². The first-order valence-corrected chi connectivity index (χ1v) is 11.0. The first-order chi connectivity index (χ1) is 16.2. The monoisotopic (exact) mass is 443 g/mol. The molecule has 0 fully saturated rings. The molecule has 0 aromatic heterocycles. The van der Waals surface area contributed by atoms with E-state index in [1.165, 1.54) is 0 Å². The first-order valence-electron chi connectivity index (χ1n) is 11.0. The molecule has 2 atom stereocenters. The van der Waals surface area contributed by atoms with E-state index in [1.54, 1.807) is 7.05 Å². The van der Waals surface area contributed by atoms with E-state index in [4.69, 9.17) is 9.47 Å². The minimum absolute atomic E-state index is 0.0769. The Labute approximate surface area is 192 Å². The molecule has 3 aromatic rings. The van der Waals surface area contributed by atoms with Crippen LogP contribution in [-0.2, 0) is 9.59 Å². The Morgan fingerprint density at radius 1 is 0.909 bits per heavy atom. The van der Waals surface area contributed by atoms with Crippen LogP contribution in [-0.4, -0.2) is 44.7 Å². The topological polar surface area (TPSA) is 71.1 Å². The van der Waals surface area contributed by atoms with Crippen molar-refractivity contribution < 1.29 is 19.1 Å². The van der Waals surface area contributed by atoms with Crippen molar-refractivity contribution in [2.24, 2.45) is 0 Å². The van der Waals surface area contributed by atoms with Gasteiger partial charge in [0.1, 0.15) is 18.1 Å². The molecule has 7 nitrogen and oxygen atoms in total. The van der Waals surface area contributed by atoms with Crippen LogP contribution in [0, 0.1) is 0 Å². The van der Waals surface area contributed by atoms with Gasteiger partial charge in [0.25, 0.3) is 5.91 Å². The van der Waals surface area contributed by atoms with Crippen molar-refractivity contribution in [3.63, 3.8) is 0 Å². The molecule has 1 N–H and O–H groups in total. The number of nitrogens with zero attached hydrogens (tertiary/aromatic N) is 2. The molecule has 2 aliphatic rings. The van der Waals surface area contributed by atoms with Gasteiger partial charge in [0, 0.05) is 7.05 Å². The van der Waals surface area contributed by atoms with Crippen LogP contribution in [0.4, 0.5) is 11.4 Å². The highest BCUT2D eigenvalue weighted by Crippen LogP contribution is 2.40. The molecule has 0 saturated heterocycles. The average Bonchev–Trinajstić information content (AvgIpc) is 2.87. The first kappa shape index (κ1) is 20.9. The highest BCUT2D eigenvalue weighted by molar-refractivity contribution is 5.99. The lowest BCUT2D eigenvalue weighted by Gasteiger charge is -2.40. The second kappa shape index (κ2) is 8.86. The Bertz CT molecular complexity index is 1170. The highest BCUT2D eigenvalue weighted by Gasteiger charge is 2.36. The number of likely N-dealkylation sites (N-methyl/N-ethyl adjacent to an activating group) is 1. The summed E-state index contributed by atoms with van der Waals surface area (Å²) in [5.74, 6) is 0.976. The lowest BCUT2D eigenvalue weighted by atomic mass is 10.0. The Morgan fingerprint density at radius 2 is 1.58 bits per heavy atom. The normalized spacial score (nSPS) is 18.9. The van der Waals surface area contributed by atoms with Crippen LogP contribution in [0.3, 0.4) is 0 Å². The third-order valence-corrected chi connectivity index (χ3v) is 6.01. The van der Waals surface area contributed by atoms with Gasteiger partial charge in [-0.05, 0) is 29.8 Å². The molecular formula is C26H25N3O4. The molecule has 0 unspecified atom stereocenters. The Morgan fingerprint density at radius 3 is 2.33 bits per heavy atom. The lowest BCUT2D eigenvalue weighted by Crippen LogP contribution is -2.52. The maximum absolute atomic E-state index is 13.9. The number of rotatable bonds is 4. The fraction of sp³-hybridized carbons (Fsp3) is 0.231. The number of benzene rings is 3. The van der Waals surface area contributed by atoms with Crippen molar-refractivity contribution in [3.8, 4) is 11.5 Å². The van der Waals surface area contributed by atoms with E-state index < -0.39 is 6.10 Å². The third kappa shape index (κ3) is 3.98. The molecule has 2 amide bonds. The van der Waals surface area contributed by atoms with Crippen LogP contribution in [0.2, 0.25) is 0 Å².